The van der Waals surface area contributed by atoms with Gasteiger partial charge in [-0.2, -0.15) is 4.68 Å². The third-order valence-electron chi connectivity index (χ3n) is 2.53. The lowest BCUT2D eigenvalue weighted by Crippen LogP contribution is -2.04. The highest BCUT2D eigenvalue weighted by Crippen LogP contribution is 2.22. The van der Waals surface area contributed by atoms with E-state index in [0.29, 0.717) is 18.1 Å². The molecule has 0 spiro atoms. The van der Waals surface area contributed by atoms with E-state index in [1.54, 1.807) is 24.4 Å². The van der Waals surface area contributed by atoms with Gasteiger partial charge in [-0.1, -0.05) is 11.2 Å². The molecule has 1 aromatic heterocycles. The number of hydrogen-bond donors (Lipinski definition) is 1. The largest absolute Gasteiger partial charge is 0.478 e. The lowest BCUT2D eigenvalue weighted by molar-refractivity contribution is 0.0697. The van der Waals surface area contributed by atoms with Gasteiger partial charge in [-0.25, -0.2) is 9.79 Å². The van der Waals surface area contributed by atoms with Crippen molar-refractivity contribution in [3.63, 3.8) is 0 Å². The monoisotopic (exact) mass is 229 g/mol. The summed E-state index contributed by atoms with van der Waals surface area (Å²) >= 11 is 0. The minimum absolute atomic E-state index is 0.201. The summed E-state index contributed by atoms with van der Waals surface area (Å²) in [6.07, 6.45) is 2.31. The molecule has 17 heavy (non-hydrogen) atoms. The first kappa shape index (κ1) is 9.64. The van der Waals surface area contributed by atoms with Crippen LogP contribution in [0.3, 0.4) is 0 Å². The first-order valence-corrected chi connectivity index (χ1v) is 4.93. The Morgan fingerprint density at radius 2 is 2.29 bits per heavy atom. The number of aromatic carboxylic acids is 1. The van der Waals surface area contributed by atoms with Crippen LogP contribution in [0.4, 0.5) is 5.95 Å². The molecule has 2 heterocycles. The number of hydrogen-bond acceptors (Lipinski definition) is 5. The molecule has 0 unspecified atom stereocenters. The molecule has 3 rings (SSSR count). The number of rotatable bonds is 1. The maximum Gasteiger partial charge on any atom is 0.335 e. The molecule has 0 radical (unpaired) electrons. The summed E-state index contributed by atoms with van der Waals surface area (Å²) in [5.74, 6) is -0.626. The van der Waals surface area contributed by atoms with Gasteiger partial charge in [0.15, 0.2) is 0 Å². The van der Waals surface area contributed by atoms with Gasteiger partial charge in [-0.15, -0.1) is 0 Å². The van der Waals surface area contributed by atoms with E-state index < -0.39 is 5.97 Å². The third kappa shape index (κ3) is 1.48. The van der Waals surface area contributed by atoms with Gasteiger partial charge < -0.3 is 5.11 Å². The number of aromatic nitrogens is 4. The van der Waals surface area contributed by atoms with E-state index in [4.69, 9.17) is 5.11 Å². The van der Waals surface area contributed by atoms with Crippen LogP contribution in [0.25, 0.3) is 5.69 Å². The minimum Gasteiger partial charge on any atom is -0.478 e. The zero-order valence-electron chi connectivity index (χ0n) is 8.61. The van der Waals surface area contributed by atoms with Crippen molar-refractivity contribution < 1.29 is 9.90 Å². The van der Waals surface area contributed by atoms with Crippen molar-refractivity contribution in [2.75, 3.05) is 0 Å². The van der Waals surface area contributed by atoms with Crippen LogP contribution in [0.15, 0.2) is 23.2 Å². The van der Waals surface area contributed by atoms with Crippen molar-refractivity contribution in [3.05, 3.63) is 29.3 Å². The summed E-state index contributed by atoms with van der Waals surface area (Å²) < 4.78 is 1.44. The number of carboxylic acids is 1. The van der Waals surface area contributed by atoms with Gasteiger partial charge in [-0.3, -0.25) is 0 Å². The van der Waals surface area contributed by atoms with Crippen molar-refractivity contribution in [1.29, 1.82) is 0 Å². The molecule has 0 saturated carbocycles. The molecule has 1 aliphatic heterocycles. The van der Waals surface area contributed by atoms with E-state index in [9.17, 15) is 4.79 Å². The number of carboxylic acid groups (broad SMARTS) is 1. The zero-order valence-corrected chi connectivity index (χ0v) is 8.61. The first-order valence-electron chi connectivity index (χ1n) is 4.93. The Morgan fingerprint density at radius 1 is 1.41 bits per heavy atom. The zero-order chi connectivity index (χ0) is 11.8. The molecule has 0 saturated heterocycles. The predicted molar refractivity (Wildman–Crippen MR) is 58.0 cm³/mol. The van der Waals surface area contributed by atoms with Crippen LogP contribution in [0, 0.1) is 0 Å². The summed E-state index contributed by atoms with van der Waals surface area (Å²) in [6.45, 7) is 0. The number of nitrogens with zero attached hydrogens (tertiary/aromatic N) is 5. The Labute approximate surface area is 95.4 Å². The fourth-order valence-electron chi connectivity index (χ4n) is 1.71. The fraction of sp³-hybridized carbons (Fsp3) is 0.100. The number of aliphatic imine (C=N–C) groups is 1. The van der Waals surface area contributed by atoms with E-state index in [0.717, 1.165) is 5.56 Å². The second-order valence-electron chi connectivity index (χ2n) is 3.56. The molecule has 0 atom stereocenters. The molecule has 2 aromatic rings. The molecular weight excluding hydrogens is 222 g/mol. The lowest BCUT2D eigenvalue weighted by Gasteiger charge is -2.06. The van der Waals surface area contributed by atoms with Gasteiger partial charge in [-0.05, 0) is 28.1 Å². The van der Waals surface area contributed by atoms with E-state index in [-0.39, 0.29) is 5.56 Å². The maximum absolute atomic E-state index is 10.9. The predicted octanol–water partition coefficient (Wildman–Crippen LogP) is 0.619. The SMILES string of the molecule is O=C(O)c1ccc2c(c1)-n1nnnc1N=CC2. The van der Waals surface area contributed by atoms with Crippen molar-refractivity contribution in [2.24, 2.45) is 4.99 Å². The maximum atomic E-state index is 10.9. The van der Waals surface area contributed by atoms with Gasteiger partial charge >= 0.3 is 5.97 Å². The summed E-state index contributed by atoms with van der Waals surface area (Å²) in [5, 5.41) is 20.0. The quantitative estimate of drug-likeness (QED) is 0.773. The first-order chi connectivity index (χ1) is 8.25. The molecule has 1 N–H and O–H groups in total. The van der Waals surface area contributed by atoms with Gasteiger partial charge in [0, 0.05) is 12.6 Å². The summed E-state index contributed by atoms with van der Waals surface area (Å²) in [5.41, 5.74) is 1.79. The Kier molecular flexibility index (Phi) is 1.97. The highest BCUT2D eigenvalue weighted by atomic mass is 16.4. The third-order valence-corrected chi connectivity index (χ3v) is 2.53. The average molecular weight is 229 g/mol. The topological polar surface area (TPSA) is 93.3 Å². The molecule has 0 fully saturated rings. The van der Waals surface area contributed by atoms with Crippen LogP contribution in [0.2, 0.25) is 0 Å². The number of benzene rings is 1. The Balaban J connectivity index is 2.25. The number of carbonyl (C=O) groups is 1. The molecule has 1 aromatic carbocycles. The number of tetrazole rings is 1. The van der Waals surface area contributed by atoms with Crippen LogP contribution in [0.5, 0.6) is 0 Å². The van der Waals surface area contributed by atoms with E-state index >= 15 is 0 Å². The highest BCUT2D eigenvalue weighted by Gasteiger charge is 2.16. The van der Waals surface area contributed by atoms with Crippen molar-refractivity contribution in [1.82, 2.24) is 20.2 Å². The molecule has 0 bridgehead atoms. The molecular formula is C10H7N5O2. The van der Waals surface area contributed by atoms with E-state index in [1.165, 1.54) is 4.68 Å². The lowest BCUT2D eigenvalue weighted by atomic mass is 10.1. The summed E-state index contributed by atoms with van der Waals surface area (Å²) in [7, 11) is 0. The average Bonchev–Trinajstić information content (AvgIpc) is 2.71. The molecule has 0 aliphatic carbocycles. The van der Waals surface area contributed by atoms with Gasteiger partial charge in [0.1, 0.15) is 0 Å². The van der Waals surface area contributed by atoms with Crippen LogP contribution in [0.1, 0.15) is 15.9 Å². The van der Waals surface area contributed by atoms with Crippen LogP contribution in [-0.2, 0) is 6.42 Å². The fourth-order valence-corrected chi connectivity index (χ4v) is 1.71. The van der Waals surface area contributed by atoms with Crippen molar-refractivity contribution >= 4 is 18.1 Å². The van der Waals surface area contributed by atoms with E-state index in [2.05, 4.69) is 20.5 Å². The second kappa shape index (κ2) is 3.48. The Hall–Kier alpha value is -2.57. The summed E-state index contributed by atoms with van der Waals surface area (Å²) in [6, 6.07) is 4.86. The van der Waals surface area contributed by atoms with Gasteiger partial charge in [0.25, 0.3) is 5.95 Å². The van der Waals surface area contributed by atoms with Crippen molar-refractivity contribution in [2.45, 2.75) is 6.42 Å². The standard InChI is InChI=1S/C10H7N5O2/c16-9(17)7-2-1-6-3-4-11-10-12-13-14-15(10)8(6)5-7/h1-2,4-5H,3H2,(H,16,17). The smallest absolute Gasteiger partial charge is 0.335 e. The molecule has 7 heteroatoms. The second-order valence-corrected chi connectivity index (χ2v) is 3.56. The minimum atomic E-state index is -0.979. The van der Waals surface area contributed by atoms with Crippen LogP contribution >= 0.6 is 0 Å². The van der Waals surface area contributed by atoms with E-state index in [1.807, 2.05) is 0 Å². The molecule has 7 nitrogen and oxygen atoms in total. The van der Waals surface area contributed by atoms with Gasteiger partial charge in [0.2, 0.25) is 0 Å². The molecule has 0 amide bonds. The Bertz CT molecular complexity index is 631. The van der Waals surface area contributed by atoms with Crippen molar-refractivity contribution in [3.8, 4) is 5.69 Å². The number of fused-ring (bicyclic) bond motifs is 3. The molecule has 1 aliphatic rings. The Morgan fingerprint density at radius 3 is 3.12 bits per heavy atom. The normalized spacial score (nSPS) is 12.7. The van der Waals surface area contributed by atoms with Crippen LogP contribution in [-0.4, -0.2) is 37.5 Å². The highest BCUT2D eigenvalue weighted by molar-refractivity contribution is 5.89. The van der Waals surface area contributed by atoms with Crippen LogP contribution < -0.4 is 0 Å². The van der Waals surface area contributed by atoms with Gasteiger partial charge in [0.05, 0.1) is 11.3 Å². The summed E-state index contributed by atoms with van der Waals surface area (Å²) in [4.78, 5) is 15.0. The molecule has 84 valence electrons.